The molecule has 5 rings (SSSR count). The minimum Gasteiger partial charge on any atom is -0.507 e. The van der Waals surface area contributed by atoms with Gasteiger partial charge in [-0.25, -0.2) is 0 Å². The van der Waals surface area contributed by atoms with E-state index >= 15 is 0 Å². The van der Waals surface area contributed by atoms with Crippen molar-refractivity contribution in [2.45, 2.75) is 12.6 Å². The summed E-state index contributed by atoms with van der Waals surface area (Å²) in [7, 11) is 0. The molecule has 7 nitrogen and oxygen atoms in total. The zero-order chi connectivity index (χ0) is 23.7. The van der Waals surface area contributed by atoms with Crippen LogP contribution in [0, 0.1) is 0 Å². The van der Waals surface area contributed by atoms with Gasteiger partial charge in [0.15, 0.2) is 0 Å². The Balaban J connectivity index is 1.50. The number of aromatic amines is 1. The summed E-state index contributed by atoms with van der Waals surface area (Å²) in [6.07, 6.45) is 0. The van der Waals surface area contributed by atoms with Crippen molar-refractivity contribution in [2.24, 2.45) is 0 Å². The van der Waals surface area contributed by atoms with Crippen molar-refractivity contribution in [3.63, 3.8) is 0 Å². The van der Waals surface area contributed by atoms with Gasteiger partial charge in [-0.15, -0.1) is 0 Å². The number of aliphatic hydroxyl groups excluding tert-OH is 1. The van der Waals surface area contributed by atoms with Crippen LogP contribution in [-0.2, 0) is 6.61 Å². The molecule has 0 bridgehead atoms. The number of halogens is 1. The third-order valence-electron chi connectivity index (χ3n) is 5.86. The van der Waals surface area contributed by atoms with Crippen LogP contribution in [-0.4, -0.2) is 44.4 Å². The third kappa shape index (κ3) is 4.00. The molecule has 0 fully saturated rings. The highest BCUT2D eigenvalue weighted by molar-refractivity contribution is 6.31. The number of fused-ring (bicyclic) bond motifs is 1. The predicted octanol–water partition coefficient (Wildman–Crippen LogP) is 4.55. The first-order valence-electron chi connectivity index (χ1n) is 10.8. The lowest BCUT2D eigenvalue weighted by atomic mass is 9.95. The second-order valence-corrected chi connectivity index (χ2v) is 8.43. The highest BCUT2D eigenvalue weighted by Crippen LogP contribution is 2.45. The minimum absolute atomic E-state index is 0.00941. The molecule has 1 aliphatic heterocycles. The molecule has 0 radical (unpaired) electrons. The maximum atomic E-state index is 13.1. The Hall–Kier alpha value is -3.81. The molecule has 3 N–H and O–H groups in total. The Kier molecular flexibility index (Phi) is 5.96. The van der Waals surface area contributed by atoms with Crippen molar-refractivity contribution in [1.82, 2.24) is 15.1 Å². The molecule has 0 saturated carbocycles. The summed E-state index contributed by atoms with van der Waals surface area (Å²) >= 11 is 6.16. The third-order valence-corrected chi connectivity index (χ3v) is 6.10. The average Bonchev–Trinajstić information content (AvgIpc) is 3.40. The molecule has 2 heterocycles. The molecule has 0 aliphatic carbocycles. The number of hydrogen-bond donors (Lipinski definition) is 3. The summed E-state index contributed by atoms with van der Waals surface area (Å²) in [5.41, 5.74) is 3.73. The fraction of sp³-hybridized carbons (Fsp3) is 0.154. The van der Waals surface area contributed by atoms with Gasteiger partial charge < -0.3 is 19.8 Å². The van der Waals surface area contributed by atoms with Crippen molar-refractivity contribution in [3.05, 3.63) is 100 Å². The van der Waals surface area contributed by atoms with Crippen LogP contribution in [0.15, 0.2) is 72.8 Å². The van der Waals surface area contributed by atoms with Crippen LogP contribution in [0.4, 0.5) is 0 Å². The predicted molar refractivity (Wildman–Crippen MR) is 128 cm³/mol. The number of rotatable bonds is 7. The van der Waals surface area contributed by atoms with Crippen LogP contribution in [0.3, 0.4) is 0 Å². The molecule has 1 atom stereocenters. The molecule has 1 aliphatic rings. The van der Waals surface area contributed by atoms with E-state index in [4.69, 9.17) is 16.3 Å². The largest absolute Gasteiger partial charge is 0.507 e. The SMILES string of the molecule is O=C1c2[nH]nc(-c3cc(Cl)ccc3O)c2C(c2ccc(OCc3ccccc3)cc2)N1CCO. The number of hydrogen-bond acceptors (Lipinski definition) is 5. The maximum absolute atomic E-state index is 13.1. The molecule has 1 unspecified atom stereocenters. The number of ether oxygens (including phenoxy) is 1. The van der Waals surface area contributed by atoms with E-state index in [0.29, 0.717) is 39.9 Å². The van der Waals surface area contributed by atoms with E-state index in [-0.39, 0.29) is 24.8 Å². The van der Waals surface area contributed by atoms with E-state index in [2.05, 4.69) is 10.2 Å². The first kappa shape index (κ1) is 22.0. The highest BCUT2D eigenvalue weighted by atomic mass is 35.5. The van der Waals surface area contributed by atoms with Gasteiger partial charge in [0.2, 0.25) is 0 Å². The van der Waals surface area contributed by atoms with Crippen LogP contribution in [0.1, 0.15) is 33.2 Å². The smallest absolute Gasteiger partial charge is 0.273 e. The number of amides is 1. The van der Waals surface area contributed by atoms with Gasteiger partial charge in [-0.3, -0.25) is 9.89 Å². The van der Waals surface area contributed by atoms with Crippen molar-refractivity contribution < 1.29 is 19.7 Å². The second kappa shape index (κ2) is 9.21. The molecule has 172 valence electrons. The Morgan fingerprint density at radius 3 is 2.56 bits per heavy atom. The summed E-state index contributed by atoms with van der Waals surface area (Å²) < 4.78 is 5.89. The van der Waals surface area contributed by atoms with E-state index in [1.807, 2.05) is 54.6 Å². The van der Waals surface area contributed by atoms with Crippen molar-refractivity contribution in [1.29, 1.82) is 0 Å². The van der Waals surface area contributed by atoms with Crippen molar-refractivity contribution >= 4 is 17.5 Å². The molecule has 8 heteroatoms. The number of aromatic hydroxyl groups is 1. The molecule has 4 aromatic rings. The summed E-state index contributed by atoms with van der Waals surface area (Å²) in [6.45, 7) is 0.415. The number of aliphatic hydroxyl groups is 1. The van der Waals surface area contributed by atoms with Gasteiger partial charge in [-0.2, -0.15) is 5.10 Å². The van der Waals surface area contributed by atoms with Crippen LogP contribution in [0.25, 0.3) is 11.3 Å². The van der Waals surface area contributed by atoms with Gasteiger partial charge in [0.1, 0.15) is 29.5 Å². The number of β-amino-alcohol motifs (C(OH)–C–C–N with tert-alkyl or cyclic N) is 1. The molecule has 34 heavy (non-hydrogen) atoms. The molecule has 0 saturated heterocycles. The Morgan fingerprint density at radius 2 is 1.82 bits per heavy atom. The van der Waals surface area contributed by atoms with E-state index in [1.54, 1.807) is 17.0 Å². The lowest BCUT2D eigenvalue weighted by Gasteiger charge is -2.26. The number of benzene rings is 3. The van der Waals surface area contributed by atoms with Gasteiger partial charge in [-0.05, 0) is 41.5 Å². The molecule has 1 aromatic heterocycles. The Bertz CT molecular complexity index is 1320. The average molecular weight is 476 g/mol. The number of phenols is 1. The fourth-order valence-electron chi connectivity index (χ4n) is 4.27. The standard InChI is InChI=1S/C26H22ClN3O4/c27-18-8-11-21(32)20(14-18)23-22-24(29-28-23)26(33)30(12-13-31)25(22)17-6-9-19(10-7-17)34-15-16-4-2-1-3-5-16/h1-11,14,25,31-32H,12-13,15H2,(H,28,29). The van der Waals surface area contributed by atoms with Gasteiger partial charge >= 0.3 is 0 Å². The van der Waals surface area contributed by atoms with Gasteiger partial charge in [0, 0.05) is 22.7 Å². The number of aromatic nitrogens is 2. The number of carbonyl (C=O) groups is 1. The van der Waals surface area contributed by atoms with Crippen LogP contribution in [0.5, 0.6) is 11.5 Å². The Labute approximate surface area is 201 Å². The second-order valence-electron chi connectivity index (χ2n) is 7.99. The minimum atomic E-state index is -0.495. The normalized spacial score (nSPS) is 14.9. The quantitative estimate of drug-likeness (QED) is 0.364. The molecular formula is C26H22ClN3O4. The van der Waals surface area contributed by atoms with E-state index in [1.165, 1.54) is 6.07 Å². The van der Waals surface area contributed by atoms with Crippen LogP contribution < -0.4 is 4.74 Å². The number of nitrogens with one attached hydrogen (secondary N) is 1. The maximum Gasteiger partial charge on any atom is 0.273 e. The summed E-state index contributed by atoms with van der Waals surface area (Å²) in [6, 6.07) is 21.6. The zero-order valence-corrected chi connectivity index (χ0v) is 18.9. The fourth-order valence-corrected chi connectivity index (χ4v) is 4.44. The Morgan fingerprint density at radius 1 is 1.06 bits per heavy atom. The summed E-state index contributed by atoms with van der Waals surface area (Å²) in [4.78, 5) is 14.7. The summed E-state index contributed by atoms with van der Waals surface area (Å²) in [5.74, 6) is 0.444. The zero-order valence-electron chi connectivity index (χ0n) is 18.1. The van der Waals surface area contributed by atoms with Gasteiger partial charge in [-0.1, -0.05) is 54.1 Å². The van der Waals surface area contributed by atoms with Gasteiger partial charge in [0.25, 0.3) is 5.91 Å². The molecule has 3 aromatic carbocycles. The molecule has 0 spiro atoms. The number of phenolic OH excluding ortho intramolecular Hbond substituents is 1. The van der Waals surface area contributed by atoms with Gasteiger partial charge in [0.05, 0.1) is 12.6 Å². The molecular weight excluding hydrogens is 454 g/mol. The van der Waals surface area contributed by atoms with E-state index in [9.17, 15) is 15.0 Å². The number of carbonyl (C=O) groups excluding carboxylic acids is 1. The first-order valence-corrected chi connectivity index (χ1v) is 11.2. The van der Waals surface area contributed by atoms with E-state index in [0.717, 1.165) is 11.1 Å². The molecule has 1 amide bonds. The lowest BCUT2D eigenvalue weighted by molar-refractivity contribution is 0.0706. The number of nitrogens with zero attached hydrogens (tertiary/aromatic N) is 2. The first-order chi connectivity index (χ1) is 16.6. The van der Waals surface area contributed by atoms with Crippen LogP contribution >= 0.6 is 11.6 Å². The van der Waals surface area contributed by atoms with E-state index < -0.39 is 6.04 Å². The van der Waals surface area contributed by atoms with Crippen molar-refractivity contribution in [3.8, 4) is 22.8 Å². The number of H-pyrrole nitrogens is 1. The lowest BCUT2D eigenvalue weighted by Crippen LogP contribution is -2.32. The van der Waals surface area contributed by atoms with Crippen LogP contribution in [0.2, 0.25) is 5.02 Å². The topological polar surface area (TPSA) is 98.7 Å². The monoisotopic (exact) mass is 475 g/mol. The van der Waals surface area contributed by atoms with Crippen molar-refractivity contribution in [2.75, 3.05) is 13.2 Å². The highest BCUT2D eigenvalue weighted by Gasteiger charge is 2.42. The summed E-state index contributed by atoms with van der Waals surface area (Å²) in [5, 5.41) is 27.7.